The van der Waals surface area contributed by atoms with Crippen LogP contribution in [-0.4, -0.2) is 11.2 Å². The van der Waals surface area contributed by atoms with E-state index >= 15 is 0 Å². The van der Waals surface area contributed by atoms with Crippen molar-refractivity contribution in [2.75, 3.05) is 0 Å². The molecule has 1 saturated carbocycles. The van der Waals surface area contributed by atoms with Crippen LogP contribution in [0.25, 0.3) is 0 Å². The number of hydrogen-bond donors (Lipinski definition) is 1. The van der Waals surface area contributed by atoms with Crippen LogP contribution in [0.4, 0.5) is 0 Å². The van der Waals surface area contributed by atoms with Gasteiger partial charge in [0.15, 0.2) is 0 Å². The molecule has 0 bridgehead atoms. The molecule has 0 aromatic heterocycles. The Morgan fingerprint density at radius 1 is 1.14 bits per heavy atom. The van der Waals surface area contributed by atoms with Crippen molar-refractivity contribution in [2.24, 2.45) is 5.92 Å². The van der Waals surface area contributed by atoms with Gasteiger partial charge in [-0.3, -0.25) is 0 Å². The van der Waals surface area contributed by atoms with Crippen molar-refractivity contribution in [1.29, 1.82) is 0 Å². The number of aliphatic hydroxyl groups excluding tert-OH is 1. The molecular weight excluding hydrogens is 172 g/mol. The third kappa shape index (κ3) is 1.12. The van der Waals surface area contributed by atoms with Gasteiger partial charge in [0, 0.05) is 0 Å². The molecule has 1 unspecified atom stereocenters. The lowest BCUT2D eigenvalue weighted by Crippen LogP contribution is -2.28. The van der Waals surface area contributed by atoms with Gasteiger partial charge in [-0.05, 0) is 42.2 Å². The lowest BCUT2D eigenvalue weighted by Gasteiger charge is -2.30. The number of rotatable bonds is 0. The van der Waals surface area contributed by atoms with Gasteiger partial charge in [0.05, 0.1) is 6.10 Å². The van der Waals surface area contributed by atoms with E-state index in [1.807, 2.05) is 0 Å². The van der Waals surface area contributed by atoms with E-state index in [0.29, 0.717) is 11.8 Å². The van der Waals surface area contributed by atoms with Crippen LogP contribution < -0.4 is 0 Å². The van der Waals surface area contributed by atoms with Crippen LogP contribution in [0.2, 0.25) is 0 Å². The van der Waals surface area contributed by atoms with Crippen molar-refractivity contribution in [2.45, 2.75) is 37.7 Å². The Kier molecular flexibility index (Phi) is 1.88. The highest BCUT2D eigenvalue weighted by molar-refractivity contribution is 5.37. The van der Waals surface area contributed by atoms with E-state index in [2.05, 4.69) is 24.3 Å². The summed E-state index contributed by atoms with van der Waals surface area (Å²) < 4.78 is 0. The first kappa shape index (κ1) is 8.49. The Morgan fingerprint density at radius 3 is 2.93 bits per heavy atom. The largest absolute Gasteiger partial charge is 0.393 e. The predicted octanol–water partition coefficient (Wildman–Crippen LogP) is 2.49. The van der Waals surface area contributed by atoms with E-state index in [1.54, 1.807) is 0 Å². The molecule has 0 saturated heterocycles. The number of benzene rings is 1. The summed E-state index contributed by atoms with van der Waals surface area (Å²) in [5.74, 6) is 1.16. The van der Waals surface area contributed by atoms with Crippen molar-refractivity contribution < 1.29 is 5.11 Å². The average Bonchev–Trinajstić information content (AvgIpc) is 2.59. The molecule has 2 aliphatic carbocycles. The molecule has 1 heteroatoms. The SMILES string of the molecule is OC1CCC[C@H]2c3ccccc3C[C@@H]12. The van der Waals surface area contributed by atoms with Crippen molar-refractivity contribution in [3.63, 3.8) is 0 Å². The van der Waals surface area contributed by atoms with Gasteiger partial charge in [-0.15, -0.1) is 0 Å². The number of aliphatic hydroxyl groups is 1. The van der Waals surface area contributed by atoms with E-state index in [1.165, 1.54) is 24.0 Å². The maximum atomic E-state index is 9.95. The van der Waals surface area contributed by atoms with Crippen LogP contribution in [0, 0.1) is 5.92 Å². The van der Waals surface area contributed by atoms with Crippen molar-refractivity contribution >= 4 is 0 Å². The minimum Gasteiger partial charge on any atom is -0.393 e. The van der Waals surface area contributed by atoms with Crippen LogP contribution in [0.1, 0.15) is 36.3 Å². The summed E-state index contributed by atoms with van der Waals surface area (Å²) in [6, 6.07) is 8.71. The first-order valence-electron chi connectivity index (χ1n) is 5.62. The minimum atomic E-state index is -0.0545. The molecule has 0 heterocycles. The molecule has 0 radical (unpaired) electrons. The molecule has 1 N–H and O–H groups in total. The van der Waals surface area contributed by atoms with E-state index in [-0.39, 0.29) is 6.10 Å². The Bertz CT molecular complexity index is 345. The zero-order chi connectivity index (χ0) is 9.54. The predicted molar refractivity (Wildman–Crippen MR) is 56.2 cm³/mol. The molecule has 1 aromatic carbocycles. The molecule has 14 heavy (non-hydrogen) atoms. The maximum Gasteiger partial charge on any atom is 0.0577 e. The van der Waals surface area contributed by atoms with Crippen LogP contribution in [0.3, 0.4) is 0 Å². The molecule has 0 amide bonds. The van der Waals surface area contributed by atoms with Gasteiger partial charge in [-0.2, -0.15) is 0 Å². The van der Waals surface area contributed by atoms with E-state index in [0.717, 1.165) is 12.8 Å². The Labute approximate surface area is 84.8 Å². The van der Waals surface area contributed by atoms with Gasteiger partial charge in [0.1, 0.15) is 0 Å². The molecule has 1 aromatic rings. The molecule has 3 rings (SSSR count). The summed E-state index contributed by atoms with van der Waals surface area (Å²) in [4.78, 5) is 0. The van der Waals surface area contributed by atoms with Crippen molar-refractivity contribution in [3.05, 3.63) is 35.4 Å². The third-order valence-corrected chi connectivity index (χ3v) is 3.94. The van der Waals surface area contributed by atoms with Crippen LogP contribution in [0.15, 0.2) is 24.3 Å². The number of fused-ring (bicyclic) bond motifs is 3. The second kappa shape index (κ2) is 3.09. The highest BCUT2D eigenvalue weighted by Crippen LogP contribution is 2.46. The van der Waals surface area contributed by atoms with Gasteiger partial charge in [0.2, 0.25) is 0 Å². The smallest absolute Gasteiger partial charge is 0.0577 e. The van der Waals surface area contributed by atoms with Crippen molar-refractivity contribution in [3.8, 4) is 0 Å². The van der Waals surface area contributed by atoms with Gasteiger partial charge >= 0.3 is 0 Å². The summed E-state index contributed by atoms with van der Waals surface area (Å²) in [5, 5.41) is 9.95. The number of hydrogen-bond acceptors (Lipinski definition) is 1. The van der Waals surface area contributed by atoms with E-state index in [9.17, 15) is 5.11 Å². The molecular formula is C13H16O. The molecule has 1 nitrogen and oxygen atoms in total. The summed E-state index contributed by atoms with van der Waals surface area (Å²) in [6.07, 6.45) is 4.52. The quantitative estimate of drug-likeness (QED) is 0.663. The third-order valence-electron chi connectivity index (χ3n) is 3.94. The Morgan fingerprint density at radius 2 is 2.00 bits per heavy atom. The Balaban J connectivity index is 2.00. The summed E-state index contributed by atoms with van der Waals surface area (Å²) >= 11 is 0. The average molecular weight is 188 g/mol. The minimum absolute atomic E-state index is 0.0545. The van der Waals surface area contributed by atoms with Crippen molar-refractivity contribution in [1.82, 2.24) is 0 Å². The summed E-state index contributed by atoms with van der Waals surface area (Å²) in [5.41, 5.74) is 2.99. The fraction of sp³-hybridized carbons (Fsp3) is 0.538. The second-order valence-electron chi connectivity index (χ2n) is 4.67. The monoisotopic (exact) mass is 188 g/mol. The van der Waals surface area contributed by atoms with Crippen LogP contribution in [0.5, 0.6) is 0 Å². The van der Waals surface area contributed by atoms with E-state index < -0.39 is 0 Å². The standard InChI is InChI=1S/C13H16O/c14-13-7-3-6-11-10-5-2-1-4-9(10)8-12(11)13/h1-2,4-5,11-14H,3,6-8H2/t11-,12+,13?/m0/s1. The van der Waals surface area contributed by atoms with Gasteiger partial charge in [-0.25, -0.2) is 0 Å². The summed E-state index contributed by atoms with van der Waals surface area (Å²) in [6.45, 7) is 0. The maximum absolute atomic E-state index is 9.95. The van der Waals surface area contributed by atoms with E-state index in [4.69, 9.17) is 0 Å². The molecule has 1 fully saturated rings. The topological polar surface area (TPSA) is 20.2 Å². The first-order valence-corrected chi connectivity index (χ1v) is 5.62. The zero-order valence-corrected chi connectivity index (χ0v) is 8.32. The molecule has 0 spiro atoms. The molecule has 3 atom stereocenters. The van der Waals surface area contributed by atoms with Gasteiger partial charge in [0.25, 0.3) is 0 Å². The molecule has 0 aliphatic heterocycles. The summed E-state index contributed by atoms with van der Waals surface area (Å²) in [7, 11) is 0. The molecule has 74 valence electrons. The normalized spacial score (nSPS) is 35.1. The second-order valence-corrected chi connectivity index (χ2v) is 4.67. The lowest BCUT2D eigenvalue weighted by molar-refractivity contribution is 0.0633. The lowest BCUT2D eigenvalue weighted by atomic mass is 9.78. The van der Waals surface area contributed by atoms with Crippen LogP contribution >= 0.6 is 0 Å². The molecule has 2 aliphatic rings. The fourth-order valence-corrected chi connectivity index (χ4v) is 3.24. The zero-order valence-electron chi connectivity index (χ0n) is 8.32. The highest BCUT2D eigenvalue weighted by atomic mass is 16.3. The van der Waals surface area contributed by atoms with Crippen LogP contribution in [-0.2, 0) is 6.42 Å². The fourth-order valence-electron chi connectivity index (χ4n) is 3.24. The Hall–Kier alpha value is -0.820. The first-order chi connectivity index (χ1) is 6.86. The highest BCUT2D eigenvalue weighted by Gasteiger charge is 2.38. The van der Waals surface area contributed by atoms with Gasteiger partial charge in [-0.1, -0.05) is 30.7 Å². The van der Waals surface area contributed by atoms with Gasteiger partial charge < -0.3 is 5.11 Å².